The van der Waals surface area contributed by atoms with Gasteiger partial charge in [-0.1, -0.05) is 0 Å². The first-order valence-electron chi connectivity index (χ1n) is 1.60. The maximum absolute atomic E-state index is 8.79. The number of nitrogens with zero attached hydrogens (tertiary/aromatic N) is 3. The zero-order chi connectivity index (χ0) is 10.7. The van der Waals surface area contributed by atoms with E-state index in [1.54, 1.807) is 0 Å². The molecule has 0 atom stereocenters. The topological polar surface area (TPSA) is 365 Å². The third-order valence-corrected chi connectivity index (χ3v) is 0. The van der Waals surface area contributed by atoms with Crippen LogP contribution in [0.25, 0.3) is 0 Å². The number of rotatable bonds is 0. The molecule has 0 amide bonds. The number of hydrogen-bond acceptors (Lipinski definition) is 8. The van der Waals surface area contributed by atoms with Gasteiger partial charge in [-0.05, 0) is 0 Å². The Hall–Kier alpha value is -1.17. The van der Waals surface area contributed by atoms with Gasteiger partial charge in [-0.25, -0.2) is 0 Å². The summed E-state index contributed by atoms with van der Waals surface area (Å²) >= 11 is 1.05. The maximum atomic E-state index is 8.79. The summed E-state index contributed by atoms with van der Waals surface area (Å²) in [4.78, 5) is 25.3. The van der Waals surface area contributed by atoms with Crippen molar-refractivity contribution in [3.63, 3.8) is 0 Å². The molecule has 0 bridgehead atoms. The van der Waals surface area contributed by atoms with Crippen LogP contribution in [0, 0.1) is 77.3 Å². The van der Waals surface area contributed by atoms with Crippen molar-refractivity contribution in [1.82, 2.24) is 0 Å². The monoisotopic (exact) mass is 442 g/mol. The minimum absolute atomic E-state index is 0. The van der Waals surface area contributed by atoms with Gasteiger partial charge in [0.25, 0.3) is 0 Å². The van der Waals surface area contributed by atoms with Crippen LogP contribution in [0.1, 0.15) is 0 Å². The van der Waals surface area contributed by atoms with E-state index in [9.17, 15) is 0 Å². The van der Waals surface area contributed by atoms with Gasteiger partial charge in [-0.15, -0.1) is 0 Å². The summed E-state index contributed by atoms with van der Waals surface area (Å²) in [7, 11) is 0. The molecule has 0 aliphatic carbocycles. The molecule has 0 aliphatic rings. The smallest absolute Gasteiger partial charge is 0.0689 e. The summed E-state index contributed by atoms with van der Waals surface area (Å²) in [6.07, 6.45) is 0. The molecule has 0 spiro atoms. The van der Waals surface area contributed by atoms with E-state index < -0.39 is 11.5 Å². The molecule has 0 unspecified atom stereocenters. The Bertz CT molecular complexity index is 115. The van der Waals surface area contributed by atoms with E-state index in [4.69, 9.17) is 40.8 Å². The van der Waals surface area contributed by atoms with Gasteiger partial charge in [0.1, 0.15) is 0 Å². The third kappa shape index (κ3) is 2080. The van der Waals surface area contributed by atoms with Gasteiger partial charge >= 0.3 is 48.0 Å². The molecule has 0 fully saturated rings. The van der Waals surface area contributed by atoms with Crippen molar-refractivity contribution in [2.24, 2.45) is 0 Å². The first-order chi connectivity index (χ1) is 5.20. The molecule has 0 aromatic carbocycles. The molecule has 0 radical (unpaired) electrons. The molecule has 17 nitrogen and oxygen atoms in total. The van der Waals surface area contributed by atoms with Crippen molar-refractivity contribution in [3.05, 3.63) is 40.8 Å². The summed E-state index contributed by atoms with van der Waals surface area (Å²) in [5.41, 5.74) is 0. The second kappa shape index (κ2) is 56.8. The third-order valence-electron chi connectivity index (χ3n) is 0. The van der Waals surface area contributed by atoms with Gasteiger partial charge in [-0.3, -0.25) is 0 Å². The Morgan fingerprint density at radius 2 is 0.556 bits per heavy atom. The first kappa shape index (κ1) is 68.8. The maximum Gasteiger partial charge on any atom is 0.0689 e. The molecule has 12 N–H and O–H groups in total. The summed E-state index contributed by atoms with van der Waals surface area (Å²) < 4.78 is -0.528. The normalized spacial score (nSPS) is 4.06. The Balaban J connectivity index is -0.00000000827. The number of nitro groups is 1. The zero-order valence-corrected chi connectivity index (χ0v) is 9.95. The fourth-order valence-corrected chi connectivity index (χ4v) is 0. The Morgan fingerprint density at radius 3 is 0.556 bits per heavy atom. The van der Waals surface area contributed by atoms with Gasteiger partial charge in [0, 0.05) is 0 Å². The van der Waals surface area contributed by atoms with Crippen LogP contribution in [0.3, 0.4) is 0 Å². The predicted molar refractivity (Wildman–Crippen MR) is 49.4 cm³/mol. The van der Waals surface area contributed by atoms with Crippen LogP contribution in [-0.2, 0) is 0 Å². The fraction of sp³-hybridized carbons (Fsp3) is 0. The van der Waals surface area contributed by atoms with E-state index in [0.717, 1.165) is 36.6 Å². The fourth-order valence-electron chi connectivity index (χ4n) is 0. The van der Waals surface area contributed by atoms with Crippen molar-refractivity contribution >= 4 is 0 Å². The van der Waals surface area contributed by atoms with Gasteiger partial charge in [0.05, 0.1) is 10.2 Å². The van der Waals surface area contributed by atoms with Gasteiger partial charge in [0.15, 0.2) is 0 Å². The summed E-state index contributed by atoms with van der Waals surface area (Å²) in [5.74, 6) is 0. The Kier molecular flexibility index (Phi) is 217. The van der Waals surface area contributed by atoms with E-state index in [2.05, 4.69) is 0 Å². The van der Waals surface area contributed by atoms with Crippen molar-refractivity contribution in [3.8, 4) is 0 Å². The molecule has 0 aromatic heterocycles. The molecule has 18 heavy (non-hydrogen) atoms. The van der Waals surface area contributed by atoms with Crippen LogP contribution >= 0.6 is 0 Å². The SMILES string of the molecule is O.O.O.O.O.O.O=[N+]([O-])[Dy+2].O=[N+]([O-])[O-].O=[N+]([O-])[O-]. The van der Waals surface area contributed by atoms with E-state index in [0.29, 0.717) is 0 Å². The Morgan fingerprint density at radius 1 is 0.556 bits per heavy atom. The van der Waals surface area contributed by atoms with E-state index in [-0.39, 0.29) is 32.9 Å². The summed E-state index contributed by atoms with van der Waals surface area (Å²) in [6.45, 7) is 0. The molecular formula is H12DyN3O14. The van der Waals surface area contributed by atoms with E-state index in [1.807, 2.05) is 0 Å². The quantitative estimate of drug-likeness (QED) is 0.257. The standard InChI is InChI=1S/Dy.2NO3.NO2.6H2O/c;2*2-1(3)4;2-1-3;;;;;;/h;;;;6*1H2/q+2;2*-1;;;;;;;. The Labute approximate surface area is 121 Å². The molecule has 0 saturated heterocycles. The largest absolute Gasteiger partial charge is 0.356 e. The zero-order valence-electron chi connectivity index (χ0n) is 7.92. The molecule has 121 valence electrons. The van der Waals surface area contributed by atoms with Crippen molar-refractivity contribution < 1.29 is 81.0 Å². The molecule has 18 heteroatoms. The average Bonchev–Trinajstić information content (AvgIpc) is 1.54. The van der Waals surface area contributed by atoms with Gasteiger partial charge < -0.3 is 63.5 Å². The molecule has 0 saturated carbocycles. The van der Waals surface area contributed by atoms with E-state index in [1.165, 1.54) is 0 Å². The van der Waals surface area contributed by atoms with Crippen LogP contribution in [0.4, 0.5) is 0 Å². The first-order valence-corrected chi connectivity index (χ1v) is 2.51. The van der Waals surface area contributed by atoms with Gasteiger partial charge in [-0.2, -0.15) is 0 Å². The molecule has 0 aromatic rings. The molecule has 0 rings (SSSR count). The van der Waals surface area contributed by atoms with Crippen molar-refractivity contribution in [2.45, 2.75) is 0 Å². The second-order valence-electron chi connectivity index (χ2n) is 0.637. The average molecular weight is 441 g/mol. The molecule has 0 heterocycles. The minimum atomic E-state index is -1.75. The number of hydrogen-bond donors (Lipinski definition) is 0. The van der Waals surface area contributed by atoms with Crippen molar-refractivity contribution in [1.29, 1.82) is 0 Å². The summed E-state index contributed by atoms with van der Waals surface area (Å²) in [6, 6.07) is 0. The van der Waals surface area contributed by atoms with Crippen LogP contribution < -0.4 is 0 Å². The van der Waals surface area contributed by atoms with E-state index >= 15 is 0 Å². The minimum Gasteiger partial charge on any atom is -0.356 e. The van der Waals surface area contributed by atoms with Crippen molar-refractivity contribution in [2.75, 3.05) is 0 Å². The molecular weight excluding hydrogens is 429 g/mol. The van der Waals surface area contributed by atoms with Gasteiger partial charge in [0.2, 0.25) is 0 Å². The predicted octanol–water partition coefficient (Wildman–Crippen LogP) is -5.70. The molecule has 0 aliphatic heterocycles. The summed E-state index contributed by atoms with van der Waals surface area (Å²) in [5, 5.41) is 38.3. The van der Waals surface area contributed by atoms with Crippen LogP contribution in [0.5, 0.6) is 0 Å². The van der Waals surface area contributed by atoms with Crippen LogP contribution in [0.15, 0.2) is 0 Å². The van der Waals surface area contributed by atoms with Crippen LogP contribution in [0.2, 0.25) is 0 Å². The van der Waals surface area contributed by atoms with Crippen LogP contribution in [-0.4, -0.2) is 44.4 Å². The second-order valence-corrected chi connectivity index (χ2v) is 1.38.